The number of carbonyl (C=O) groups is 1. The first-order chi connectivity index (χ1) is 14.0. The summed E-state index contributed by atoms with van der Waals surface area (Å²) < 4.78 is 42.2. The molecule has 0 aliphatic rings. The van der Waals surface area contributed by atoms with Gasteiger partial charge in [-0.25, -0.2) is 22.5 Å². The molecule has 0 aliphatic heterocycles. The molecular formula is C19H14F3N5OS. The molecule has 0 spiro atoms. The van der Waals surface area contributed by atoms with Gasteiger partial charge >= 0.3 is 6.03 Å². The molecule has 4 rings (SSSR count). The van der Waals surface area contributed by atoms with Crippen molar-refractivity contribution in [3.8, 4) is 11.4 Å². The number of fused-ring (bicyclic) bond motifs is 1. The van der Waals surface area contributed by atoms with Crippen molar-refractivity contribution < 1.29 is 18.0 Å². The smallest absolute Gasteiger partial charge is 0.319 e. The van der Waals surface area contributed by atoms with Crippen LogP contribution in [0.1, 0.15) is 5.69 Å². The number of hydrogen-bond donors (Lipinski definition) is 2. The van der Waals surface area contributed by atoms with Gasteiger partial charge in [-0.1, -0.05) is 18.2 Å². The minimum Gasteiger partial charge on any atom is -0.337 e. The van der Waals surface area contributed by atoms with Gasteiger partial charge in [-0.3, -0.25) is 0 Å². The summed E-state index contributed by atoms with van der Waals surface area (Å²) in [4.78, 5) is 16.9. The second kappa shape index (κ2) is 7.92. The van der Waals surface area contributed by atoms with Crippen LogP contribution in [-0.4, -0.2) is 27.2 Å². The number of halogens is 3. The Morgan fingerprint density at radius 1 is 1.10 bits per heavy atom. The monoisotopic (exact) mass is 417 g/mol. The molecule has 2 heterocycles. The SMILES string of the molecule is O=C(NCCc1csc2nc(-c3cccc(F)c3)nn12)Nc1c(F)cccc1F. The normalized spacial score (nSPS) is 11.0. The average Bonchev–Trinajstić information content (AvgIpc) is 3.27. The van der Waals surface area contributed by atoms with Crippen molar-refractivity contribution >= 4 is 28.0 Å². The van der Waals surface area contributed by atoms with Crippen LogP contribution in [0.2, 0.25) is 0 Å². The predicted molar refractivity (Wildman–Crippen MR) is 103 cm³/mol. The number of para-hydroxylation sites is 1. The van der Waals surface area contributed by atoms with Crippen molar-refractivity contribution in [1.82, 2.24) is 19.9 Å². The molecule has 0 radical (unpaired) electrons. The van der Waals surface area contributed by atoms with Gasteiger partial charge in [0.15, 0.2) is 5.82 Å². The number of urea groups is 1. The van der Waals surface area contributed by atoms with E-state index in [2.05, 4.69) is 20.7 Å². The maximum absolute atomic E-state index is 13.6. The van der Waals surface area contributed by atoms with Crippen LogP contribution in [0, 0.1) is 17.5 Å². The number of aromatic nitrogens is 3. The standard InChI is InChI=1S/C19H14F3N5OS/c20-12-4-1-3-11(9-12)17-25-19-27(26-17)13(10-29-19)7-8-23-18(28)24-16-14(21)5-2-6-15(16)22/h1-6,9-10H,7-8H2,(H2,23,24,28). The fourth-order valence-corrected chi connectivity index (χ4v) is 3.58. The molecule has 2 aromatic heterocycles. The van der Waals surface area contributed by atoms with Crippen molar-refractivity contribution in [2.24, 2.45) is 0 Å². The summed E-state index contributed by atoms with van der Waals surface area (Å²) >= 11 is 1.37. The van der Waals surface area contributed by atoms with E-state index in [0.717, 1.165) is 17.8 Å². The molecule has 6 nitrogen and oxygen atoms in total. The molecule has 2 aromatic carbocycles. The highest BCUT2D eigenvalue weighted by Crippen LogP contribution is 2.22. The lowest BCUT2D eigenvalue weighted by Crippen LogP contribution is -2.31. The van der Waals surface area contributed by atoms with Gasteiger partial charge in [-0.05, 0) is 24.3 Å². The van der Waals surface area contributed by atoms with E-state index in [4.69, 9.17) is 0 Å². The number of benzene rings is 2. The average molecular weight is 417 g/mol. The maximum Gasteiger partial charge on any atom is 0.319 e. The zero-order valence-electron chi connectivity index (χ0n) is 14.8. The van der Waals surface area contributed by atoms with E-state index in [-0.39, 0.29) is 12.4 Å². The Balaban J connectivity index is 1.40. The van der Waals surface area contributed by atoms with Crippen LogP contribution in [0.4, 0.5) is 23.7 Å². The molecule has 0 aliphatic carbocycles. The maximum atomic E-state index is 13.6. The third-order valence-corrected chi connectivity index (χ3v) is 4.97. The quantitative estimate of drug-likeness (QED) is 0.510. The van der Waals surface area contributed by atoms with Gasteiger partial charge in [-0.2, -0.15) is 4.98 Å². The highest BCUT2D eigenvalue weighted by molar-refractivity contribution is 7.15. The minimum absolute atomic E-state index is 0.211. The first-order valence-electron chi connectivity index (χ1n) is 8.59. The van der Waals surface area contributed by atoms with Gasteiger partial charge in [0.1, 0.15) is 23.1 Å². The van der Waals surface area contributed by atoms with E-state index in [1.54, 1.807) is 16.6 Å². The first-order valence-corrected chi connectivity index (χ1v) is 9.47. The number of carbonyl (C=O) groups excluding carboxylic acids is 1. The van der Waals surface area contributed by atoms with Crippen LogP contribution in [0.15, 0.2) is 47.8 Å². The van der Waals surface area contributed by atoms with E-state index in [1.165, 1.54) is 29.5 Å². The van der Waals surface area contributed by atoms with Crippen LogP contribution >= 0.6 is 11.3 Å². The number of anilines is 1. The van der Waals surface area contributed by atoms with Gasteiger partial charge in [-0.15, -0.1) is 16.4 Å². The Morgan fingerprint density at radius 2 is 1.86 bits per heavy atom. The number of nitrogens with one attached hydrogen (secondary N) is 2. The topological polar surface area (TPSA) is 71.3 Å². The summed E-state index contributed by atoms with van der Waals surface area (Å²) in [5, 5.41) is 10.9. The Morgan fingerprint density at radius 3 is 2.62 bits per heavy atom. The summed E-state index contributed by atoms with van der Waals surface area (Å²) in [5.41, 5.74) is 0.854. The predicted octanol–water partition coefficient (Wildman–Crippen LogP) is 4.24. The Hall–Kier alpha value is -3.40. The summed E-state index contributed by atoms with van der Waals surface area (Å²) in [5.74, 6) is -1.68. The lowest BCUT2D eigenvalue weighted by atomic mass is 10.2. The Kier molecular flexibility index (Phi) is 5.17. The third-order valence-electron chi connectivity index (χ3n) is 4.10. The van der Waals surface area contributed by atoms with Gasteiger partial charge in [0, 0.05) is 23.9 Å². The van der Waals surface area contributed by atoms with Crippen molar-refractivity contribution in [3.63, 3.8) is 0 Å². The molecule has 10 heteroatoms. The molecule has 0 unspecified atom stereocenters. The van der Waals surface area contributed by atoms with Crippen LogP contribution in [0.25, 0.3) is 16.3 Å². The van der Waals surface area contributed by atoms with Crippen molar-refractivity contribution in [2.75, 3.05) is 11.9 Å². The van der Waals surface area contributed by atoms with Crippen molar-refractivity contribution in [3.05, 3.63) is 71.0 Å². The molecule has 4 aromatic rings. The molecule has 148 valence electrons. The zero-order valence-corrected chi connectivity index (χ0v) is 15.6. The van der Waals surface area contributed by atoms with Gasteiger partial charge < -0.3 is 10.6 Å². The van der Waals surface area contributed by atoms with Crippen molar-refractivity contribution in [1.29, 1.82) is 0 Å². The number of rotatable bonds is 5. The molecule has 0 bridgehead atoms. The molecule has 2 N–H and O–H groups in total. The second-order valence-electron chi connectivity index (χ2n) is 6.09. The summed E-state index contributed by atoms with van der Waals surface area (Å²) in [6, 6.07) is 8.61. The zero-order chi connectivity index (χ0) is 20.4. The second-order valence-corrected chi connectivity index (χ2v) is 6.93. The lowest BCUT2D eigenvalue weighted by molar-refractivity contribution is 0.252. The lowest BCUT2D eigenvalue weighted by Gasteiger charge is -2.08. The molecular weight excluding hydrogens is 403 g/mol. The fraction of sp³-hybridized carbons (Fsp3) is 0.105. The van der Waals surface area contributed by atoms with E-state index in [9.17, 15) is 18.0 Å². The Labute approximate surface area is 167 Å². The molecule has 2 amide bonds. The number of amides is 2. The number of nitrogens with zero attached hydrogens (tertiary/aromatic N) is 3. The summed E-state index contributed by atoms with van der Waals surface area (Å²) in [7, 11) is 0. The molecule has 0 atom stereocenters. The summed E-state index contributed by atoms with van der Waals surface area (Å²) in [6.07, 6.45) is 0.416. The highest BCUT2D eigenvalue weighted by atomic mass is 32.1. The van der Waals surface area contributed by atoms with Gasteiger partial charge in [0.05, 0.1) is 5.69 Å². The number of hydrogen-bond acceptors (Lipinski definition) is 4. The van der Waals surface area contributed by atoms with Crippen molar-refractivity contribution in [2.45, 2.75) is 6.42 Å². The van der Waals surface area contributed by atoms with E-state index in [1.807, 2.05) is 5.38 Å². The molecule has 0 saturated heterocycles. The van der Waals surface area contributed by atoms with E-state index < -0.39 is 23.4 Å². The van der Waals surface area contributed by atoms with E-state index >= 15 is 0 Å². The largest absolute Gasteiger partial charge is 0.337 e. The summed E-state index contributed by atoms with van der Waals surface area (Å²) in [6.45, 7) is 0.211. The van der Waals surface area contributed by atoms with Crippen LogP contribution < -0.4 is 10.6 Å². The Bertz CT molecular complexity index is 1170. The van der Waals surface area contributed by atoms with Crippen LogP contribution in [0.3, 0.4) is 0 Å². The molecule has 29 heavy (non-hydrogen) atoms. The third kappa shape index (κ3) is 4.06. The van der Waals surface area contributed by atoms with E-state index in [0.29, 0.717) is 22.8 Å². The number of thiazole rings is 1. The van der Waals surface area contributed by atoms with Gasteiger partial charge in [0.2, 0.25) is 4.96 Å². The van der Waals surface area contributed by atoms with Crippen LogP contribution in [0.5, 0.6) is 0 Å². The molecule has 0 saturated carbocycles. The van der Waals surface area contributed by atoms with Crippen LogP contribution in [-0.2, 0) is 6.42 Å². The highest BCUT2D eigenvalue weighted by Gasteiger charge is 2.14. The molecule has 0 fully saturated rings. The van der Waals surface area contributed by atoms with Gasteiger partial charge in [0.25, 0.3) is 0 Å². The minimum atomic E-state index is -0.854. The first kappa shape index (κ1) is 18.9. The fourth-order valence-electron chi connectivity index (χ4n) is 2.73.